The standard InChI is InChI=1S/C25H27NO3S/c1-28-24-14-13-20(17-25(24)29-2)15-16-26(19-27)23(21-9-5-3-6-10-21)18-30-22-11-7-4-8-12-22/h3-14,17,19,23H,15-16,18H2,1-2H3. The van der Waals surface area contributed by atoms with E-state index in [9.17, 15) is 4.79 Å². The molecule has 0 saturated heterocycles. The van der Waals surface area contributed by atoms with Gasteiger partial charge in [0.25, 0.3) is 0 Å². The number of thioether (sulfide) groups is 1. The average Bonchev–Trinajstić information content (AvgIpc) is 2.82. The number of methoxy groups -OCH3 is 2. The molecule has 30 heavy (non-hydrogen) atoms. The van der Waals surface area contributed by atoms with Gasteiger partial charge in [-0.25, -0.2) is 0 Å². The summed E-state index contributed by atoms with van der Waals surface area (Å²) in [5, 5.41) is 0. The second-order valence-corrected chi connectivity index (χ2v) is 7.93. The molecule has 0 radical (unpaired) electrons. The molecule has 1 amide bonds. The summed E-state index contributed by atoms with van der Waals surface area (Å²) in [7, 11) is 3.26. The molecule has 1 unspecified atom stereocenters. The maximum atomic E-state index is 12.0. The minimum absolute atomic E-state index is 0.00551. The highest BCUT2D eigenvalue weighted by Gasteiger charge is 2.19. The predicted octanol–water partition coefficient (Wildman–Crippen LogP) is 5.24. The summed E-state index contributed by atoms with van der Waals surface area (Å²) in [6.45, 7) is 0.619. The van der Waals surface area contributed by atoms with Crippen molar-refractivity contribution in [2.75, 3.05) is 26.5 Å². The topological polar surface area (TPSA) is 38.8 Å². The van der Waals surface area contributed by atoms with Gasteiger partial charge in [0.2, 0.25) is 6.41 Å². The molecular weight excluding hydrogens is 394 g/mol. The minimum Gasteiger partial charge on any atom is -0.493 e. The summed E-state index contributed by atoms with van der Waals surface area (Å²) < 4.78 is 10.7. The lowest BCUT2D eigenvalue weighted by atomic mass is 10.1. The molecule has 0 spiro atoms. The van der Waals surface area contributed by atoms with Crippen molar-refractivity contribution in [3.8, 4) is 11.5 Å². The number of carbonyl (C=O) groups excluding carboxylic acids is 1. The molecule has 0 bridgehead atoms. The third-order valence-electron chi connectivity index (χ3n) is 4.98. The van der Waals surface area contributed by atoms with Crippen LogP contribution in [0.15, 0.2) is 83.8 Å². The van der Waals surface area contributed by atoms with Crippen molar-refractivity contribution in [1.29, 1.82) is 0 Å². The van der Waals surface area contributed by atoms with Crippen molar-refractivity contribution in [2.45, 2.75) is 17.4 Å². The first-order chi connectivity index (χ1) is 14.7. The minimum atomic E-state index is -0.00551. The summed E-state index contributed by atoms with van der Waals surface area (Å²) in [6, 6.07) is 26.4. The van der Waals surface area contributed by atoms with Crippen LogP contribution in [0, 0.1) is 0 Å². The van der Waals surface area contributed by atoms with E-state index in [2.05, 4.69) is 24.3 Å². The number of hydrogen-bond donors (Lipinski definition) is 0. The first-order valence-electron chi connectivity index (χ1n) is 9.90. The quantitative estimate of drug-likeness (QED) is 0.314. The Morgan fingerprint density at radius 3 is 2.20 bits per heavy atom. The van der Waals surface area contributed by atoms with Crippen LogP contribution in [-0.2, 0) is 11.2 Å². The van der Waals surface area contributed by atoms with E-state index in [1.54, 1.807) is 26.0 Å². The summed E-state index contributed by atoms with van der Waals surface area (Å²) in [5.41, 5.74) is 2.24. The van der Waals surface area contributed by atoms with Gasteiger partial charge in [0.05, 0.1) is 20.3 Å². The molecule has 5 heteroatoms. The molecule has 156 valence electrons. The first-order valence-corrected chi connectivity index (χ1v) is 10.9. The van der Waals surface area contributed by atoms with Crippen molar-refractivity contribution < 1.29 is 14.3 Å². The van der Waals surface area contributed by atoms with Crippen LogP contribution in [0.5, 0.6) is 11.5 Å². The van der Waals surface area contributed by atoms with E-state index in [1.807, 2.05) is 59.5 Å². The fraction of sp³-hybridized carbons (Fsp3) is 0.240. The SMILES string of the molecule is COc1ccc(CCN(C=O)C(CSc2ccccc2)c2ccccc2)cc1OC. The average molecular weight is 422 g/mol. The highest BCUT2D eigenvalue weighted by molar-refractivity contribution is 7.99. The summed E-state index contributed by atoms with van der Waals surface area (Å²) in [5.74, 6) is 2.19. The Bertz CT molecular complexity index is 918. The van der Waals surface area contributed by atoms with Crippen LogP contribution in [0.2, 0.25) is 0 Å². The second kappa shape index (κ2) is 11.3. The zero-order valence-electron chi connectivity index (χ0n) is 17.4. The van der Waals surface area contributed by atoms with Crippen LogP contribution in [0.4, 0.5) is 0 Å². The molecule has 0 aliphatic heterocycles. The zero-order valence-corrected chi connectivity index (χ0v) is 18.2. The van der Waals surface area contributed by atoms with Crippen LogP contribution in [0.1, 0.15) is 17.2 Å². The fourth-order valence-corrected chi connectivity index (χ4v) is 4.41. The number of hydrogen-bond acceptors (Lipinski definition) is 4. The summed E-state index contributed by atoms with van der Waals surface area (Å²) >= 11 is 1.76. The van der Waals surface area contributed by atoms with Gasteiger partial charge in [-0.05, 0) is 41.8 Å². The van der Waals surface area contributed by atoms with E-state index in [4.69, 9.17) is 9.47 Å². The number of nitrogens with zero attached hydrogens (tertiary/aromatic N) is 1. The molecule has 0 aliphatic carbocycles. The molecule has 3 aromatic carbocycles. The number of rotatable bonds is 11. The van der Waals surface area contributed by atoms with Crippen LogP contribution in [0.3, 0.4) is 0 Å². The number of amides is 1. The Morgan fingerprint density at radius 2 is 1.57 bits per heavy atom. The maximum absolute atomic E-state index is 12.0. The molecule has 3 rings (SSSR count). The monoisotopic (exact) mass is 421 g/mol. The molecule has 0 heterocycles. The highest BCUT2D eigenvalue weighted by Crippen LogP contribution is 2.30. The van der Waals surface area contributed by atoms with Gasteiger partial charge in [-0.15, -0.1) is 11.8 Å². The van der Waals surface area contributed by atoms with Crippen molar-refractivity contribution >= 4 is 18.2 Å². The Labute approximate surface area is 182 Å². The van der Waals surface area contributed by atoms with E-state index >= 15 is 0 Å². The van der Waals surface area contributed by atoms with Crippen molar-refractivity contribution in [3.05, 3.63) is 90.0 Å². The van der Waals surface area contributed by atoms with Crippen molar-refractivity contribution in [3.63, 3.8) is 0 Å². The Hall–Kier alpha value is -2.92. The predicted molar refractivity (Wildman–Crippen MR) is 122 cm³/mol. The van der Waals surface area contributed by atoms with Crippen LogP contribution in [0.25, 0.3) is 0 Å². The summed E-state index contributed by atoms with van der Waals surface area (Å²) in [4.78, 5) is 15.1. The molecular formula is C25H27NO3S. The number of benzene rings is 3. The maximum Gasteiger partial charge on any atom is 0.210 e. The normalized spacial score (nSPS) is 11.5. The lowest BCUT2D eigenvalue weighted by Crippen LogP contribution is -2.31. The largest absolute Gasteiger partial charge is 0.493 e. The third kappa shape index (κ3) is 5.80. The van der Waals surface area contributed by atoms with Crippen LogP contribution in [-0.4, -0.2) is 37.8 Å². The first kappa shape index (κ1) is 21.8. The Kier molecular flexibility index (Phi) is 8.21. The molecule has 4 nitrogen and oxygen atoms in total. The molecule has 0 aromatic heterocycles. The van der Waals surface area contributed by atoms with Gasteiger partial charge < -0.3 is 14.4 Å². The third-order valence-corrected chi connectivity index (χ3v) is 6.07. The Morgan fingerprint density at radius 1 is 0.900 bits per heavy atom. The van der Waals surface area contributed by atoms with E-state index in [-0.39, 0.29) is 6.04 Å². The van der Waals surface area contributed by atoms with Gasteiger partial charge in [-0.1, -0.05) is 54.6 Å². The Balaban J connectivity index is 1.74. The highest BCUT2D eigenvalue weighted by atomic mass is 32.2. The molecule has 0 fully saturated rings. The van der Waals surface area contributed by atoms with Gasteiger partial charge in [-0.2, -0.15) is 0 Å². The van der Waals surface area contributed by atoms with E-state index in [1.165, 1.54) is 4.90 Å². The van der Waals surface area contributed by atoms with Crippen LogP contribution < -0.4 is 9.47 Å². The zero-order chi connectivity index (χ0) is 21.2. The molecule has 1 atom stereocenters. The van der Waals surface area contributed by atoms with E-state index in [0.29, 0.717) is 18.0 Å². The van der Waals surface area contributed by atoms with E-state index in [0.717, 1.165) is 29.7 Å². The molecule has 0 N–H and O–H groups in total. The summed E-state index contributed by atoms with van der Waals surface area (Å²) in [6.07, 6.45) is 1.70. The smallest absolute Gasteiger partial charge is 0.210 e. The van der Waals surface area contributed by atoms with Gasteiger partial charge in [-0.3, -0.25) is 4.79 Å². The van der Waals surface area contributed by atoms with Gasteiger partial charge in [0.1, 0.15) is 0 Å². The van der Waals surface area contributed by atoms with Gasteiger partial charge in [0, 0.05) is 17.2 Å². The van der Waals surface area contributed by atoms with Crippen LogP contribution >= 0.6 is 11.8 Å². The molecule has 3 aromatic rings. The molecule has 0 aliphatic rings. The van der Waals surface area contributed by atoms with Gasteiger partial charge >= 0.3 is 0 Å². The molecule has 0 saturated carbocycles. The van der Waals surface area contributed by atoms with Crippen molar-refractivity contribution in [2.24, 2.45) is 0 Å². The lowest BCUT2D eigenvalue weighted by molar-refractivity contribution is -0.119. The van der Waals surface area contributed by atoms with E-state index < -0.39 is 0 Å². The second-order valence-electron chi connectivity index (χ2n) is 6.83. The van der Waals surface area contributed by atoms with Crippen molar-refractivity contribution in [1.82, 2.24) is 4.90 Å². The lowest BCUT2D eigenvalue weighted by Gasteiger charge is -2.29. The number of carbonyl (C=O) groups is 1. The number of ether oxygens (including phenoxy) is 2. The van der Waals surface area contributed by atoms with Gasteiger partial charge in [0.15, 0.2) is 11.5 Å². The fourth-order valence-electron chi connectivity index (χ4n) is 3.33.